The Hall–Kier alpha value is -2.79. The number of aromatic amines is 1. The van der Waals surface area contributed by atoms with E-state index in [1.165, 1.54) is 18.2 Å². The first-order valence-corrected chi connectivity index (χ1v) is 7.80. The molecule has 24 heavy (non-hydrogen) atoms. The second-order valence-corrected chi connectivity index (χ2v) is 5.91. The standard InChI is InChI=1S/C19H19NO4/c21-11-12(8-13-10-20-15-5-2-1-4-14(13)15)9-18(24)19-16(22)6-3-7-17(19)23/h1-7,10,12,20-23H,8-9,11H2/t12-/m1/s1. The van der Waals surface area contributed by atoms with Crippen molar-refractivity contribution >= 4 is 16.7 Å². The Bertz CT molecular complexity index is 848. The van der Waals surface area contributed by atoms with Crippen molar-refractivity contribution in [2.75, 3.05) is 6.61 Å². The number of rotatable bonds is 6. The van der Waals surface area contributed by atoms with Gasteiger partial charge in [0.2, 0.25) is 0 Å². The number of hydrogen-bond donors (Lipinski definition) is 4. The van der Waals surface area contributed by atoms with E-state index in [2.05, 4.69) is 4.98 Å². The maximum absolute atomic E-state index is 12.4. The number of phenolic OH excluding ortho intramolecular Hbond substituents is 2. The van der Waals surface area contributed by atoms with Crippen LogP contribution in [0, 0.1) is 5.92 Å². The van der Waals surface area contributed by atoms with Crippen LogP contribution < -0.4 is 0 Å². The zero-order chi connectivity index (χ0) is 17.1. The van der Waals surface area contributed by atoms with E-state index in [0.717, 1.165) is 16.5 Å². The van der Waals surface area contributed by atoms with E-state index in [9.17, 15) is 20.1 Å². The Kier molecular flexibility index (Phi) is 4.53. The molecule has 4 N–H and O–H groups in total. The van der Waals surface area contributed by atoms with Crippen molar-refractivity contribution in [3.63, 3.8) is 0 Å². The van der Waals surface area contributed by atoms with E-state index in [0.29, 0.717) is 6.42 Å². The molecule has 1 aromatic heterocycles. The third-order valence-electron chi connectivity index (χ3n) is 4.22. The molecule has 5 heteroatoms. The summed E-state index contributed by atoms with van der Waals surface area (Å²) in [5, 5.41) is 30.3. The summed E-state index contributed by atoms with van der Waals surface area (Å²) < 4.78 is 0. The number of aliphatic hydroxyl groups is 1. The number of para-hydroxylation sites is 1. The molecule has 0 fully saturated rings. The molecule has 0 aliphatic carbocycles. The summed E-state index contributed by atoms with van der Waals surface area (Å²) in [5.41, 5.74) is 1.95. The number of aromatic hydroxyl groups is 2. The zero-order valence-corrected chi connectivity index (χ0v) is 13.1. The number of fused-ring (bicyclic) bond motifs is 1. The molecule has 0 spiro atoms. The zero-order valence-electron chi connectivity index (χ0n) is 13.1. The van der Waals surface area contributed by atoms with E-state index in [4.69, 9.17) is 0 Å². The number of carbonyl (C=O) groups excluding carboxylic acids is 1. The summed E-state index contributed by atoms with van der Waals surface area (Å²) in [7, 11) is 0. The number of hydrogen-bond acceptors (Lipinski definition) is 4. The fraction of sp³-hybridized carbons (Fsp3) is 0.211. The average molecular weight is 325 g/mol. The second-order valence-electron chi connectivity index (χ2n) is 5.91. The molecule has 0 aliphatic heterocycles. The molecule has 1 atom stereocenters. The van der Waals surface area contributed by atoms with Crippen molar-refractivity contribution in [3.8, 4) is 11.5 Å². The van der Waals surface area contributed by atoms with Gasteiger partial charge >= 0.3 is 0 Å². The maximum atomic E-state index is 12.4. The number of benzene rings is 2. The van der Waals surface area contributed by atoms with Gasteiger partial charge in [-0.3, -0.25) is 4.79 Å². The van der Waals surface area contributed by atoms with Gasteiger partial charge in [-0.05, 0) is 36.1 Å². The Balaban J connectivity index is 1.79. The lowest BCUT2D eigenvalue weighted by atomic mass is 9.92. The molecule has 0 saturated carbocycles. The Labute approximate surface area is 139 Å². The molecule has 0 bridgehead atoms. The van der Waals surface area contributed by atoms with Crippen LogP contribution in [0.3, 0.4) is 0 Å². The summed E-state index contributed by atoms with van der Waals surface area (Å²) >= 11 is 0. The Morgan fingerprint density at radius 3 is 2.46 bits per heavy atom. The minimum Gasteiger partial charge on any atom is -0.507 e. The van der Waals surface area contributed by atoms with Crippen molar-refractivity contribution in [1.29, 1.82) is 0 Å². The van der Waals surface area contributed by atoms with E-state index in [1.807, 2.05) is 30.5 Å². The van der Waals surface area contributed by atoms with Crippen molar-refractivity contribution in [2.24, 2.45) is 5.92 Å². The van der Waals surface area contributed by atoms with Gasteiger partial charge in [0, 0.05) is 30.1 Å². The predicted octanol–water partition coefficient (Wildman–Crippen LogP) is 3.00. The lowest BCUT2D eigenvalue weighted by Crippen LogP contribution is -2.15. The van der Waals surface area contributed by atoms with Crippen LogP contribution in [-0.2, 0) is 6.42 Å². The van der Waals surface area contributed by atoms with Crippen LogP contribution in [0.25, 0.3) is 10.9 Å². The molecular weight excluding hydrogens is 306 g/mol. The molecule has 5 nitrogen and oxygen atoms in total. The van der Waals surface area contributed by atoms with Gasteiger partial charge in [0.25, 0.3) is 0 Å². The first kappa shape index (κ1) is 16.1. The summed E-state index contributed by atoms with van der Waals surface area (Å²) in [4.78, 5) is 15.6. The van der Waals surface area contributed by atoms with Crippen LogP contribution in [0.4, 0.5) is 0 Å². The maximum Gasteiger partial charge on any atom is 0.170 e. The number of H-pyrrole nitrogens is 1. The van der Waals surface area contributed by atoms with Crippen LogP contribution >= 0.6 is 0 Å². The van der Waals surface area contributed by atoms with E-state index in [-0.39, 0.29) is 41.8 Å². The van der Waals surface area contributed by atoms with Crippen molar-refractivity contribution < 1.29 is 20.1 Å². The topological polar surface area (TPSA) is 93.5 Å². The molecule has 0 aliphatic rings. The highest BCUT2D eigenvalue weighted by molar-refractivity contribution is 6.01. The fourth-order valence-electron chi connectivity index (χ4n) is 2.99. The SMILES string of the molecule is O=C(C[C@H](CO)Cc1c[nH]c2ccccc12)c1c(O)cccc1O. The van der Waals surface area contributed by atoms with Crippen LogP contribution in [0.2, 0.25) is 0 Å². The van der Waals surface area contributed by atoms with Crippen LogP contribution in [0.5, 0.6) is 11.5 Å². The molecule has 1 heterocycles. The van der Waals surface area contributed by atoms with Gasteiger partial charge in [0.05, 0.1) is 0 Å². The number of ketones is 1. The van der Waals surface area contributed by atoms with Gasteiger partial charge in [-0.25, -0.2) is 0 Å². The van der Waals surface area contributed by atoms with Crippen LogP contribution in [-0.4, -0.2) is 32.7 Å². The molecule has 0 amide bonds. The summed E-state index contributed by atoms with van der Waals surface area (Å²) in [6.45, 7) is -0.153. The number of phenols is 2. The van der Waals surface area contributed by atoms with Gasteiger partial charge in [-0.1, -0.05) is 24.3 Å². The highest BCUT2D eigenvalue weighted by Crippen LogP contribution is 2.29. The van der Waals surface area contributed by atoms with Crippen molar-refractivity contribution in [1.82, 2.24) is 4.98 Å². The number of nitrogens with one attached hydrogen (secondary N) is 1. The van der Waals surface area contributed by atoms with Gasteiger partial charge in [-0.2, -0.15) is 0 Å². The summed E-state index contributed by atoms with van der Waals surface area (Å²) in [6.07, 6.45) is 2.46. The number of aromatic nitrogens is 1. The third kappa shape index (κ3) is 3.12. The quantitative estimate of drug-likeness (QED) is 0.524. The number of Topliss-reactive ketones (excluding diaryl/α,β-unsaturated/α-hetero) is 1. The minimum absolute atomic E-state index is 0.0428. The normalized spacial score (nSPS) is 12.4. The molecule has 0 radical (unpaired) electrons. The van der Waals surface area contributed by atoms with Gasteiger partial charge in [0.15, 0.2) is 5.78 Å². The molecule has 124 valence electrons. The van der Waals surface area contributed by atoms with Crippen LogP contribution in [0.1, 0.15) is 22.3 Å². The molecular formula is C19H19NO4. The van der Waals surface area contributed by atoms with Crippen molar-refractivity contribution in [3.05, 3.63) is 59.8 Å². The molecule has 3 aromatic rings. The fourth-order valence-corrected chi connectivity index (χ4v) is 2.99. The first-order valence-electron chi connectivity index (χ1n) is 7.80. The van der Waals surface area contributed by atoms with E-state index >= 15 is 0 Å². The predicted molar refractivity (Wildman–Crippen MR) is 91.3 cm³/mol. The smallest absolute Gasteiger partial charge is 0.170 e. The third-order valence-corrected chi connectivity index (χ3v) is 4.22. The highest BCUT2D eigenvalue weighted by Gasteiger charge is 2.21. The van der Waals surface area contributed by atoms with Gasteiger partial charge in [0.1, 0.15) is 17.1 Å². The van der Waals surface area contributed by atoms with E-state index < -0.39 is 0 Å². The van der Waals surface area contributed by atoms with Gasteiger partial charge < -0.3 is 20.3 Å². The lowest BCUT2D eigenvalue weighted by molar-refractivity contribution is 0.0930. The minimum atomic E-state index is -0.385. The Morgan fingerprint density at radius 2 is 1.75 bits per heavy atom. The van der Waals surface area contributed by atoms with Crippen molar-refractivity contribution in [2.45, 2.75) is 12.8 Å². The summed E-state index contributed by atoms with van der Waals surface area (Å²) in [5.74, 6) is -1.17. The number of aliphatic hydroxyl groups excluding tert-OH is 1. The Morgan fingerprint density at radius 1 is 1.04 bits per heavy atom. The molecule has 0 unspecified atom stereocenters. The molecule has 3 rings (SSSR count). The number of carbonyl (C=O) groups is 1. The van der Waals surface area contributed by atoms with Gasteiger partial charge in [-0.15, -0.1) is 0 Å². The van der Waals surface area contributed by atoms with Crippen LogP contribution in [0.15, 0.2) is 48.7 Å². The lowest BCUT2D eigenvalue weighted by Gasteiger charge is -2.14. The largest absolute Gasteiger partial charge is 0.507 e. The average Bonchev–Trinajstić information content (AvgIpc) is 2.97. The summed E-state index contributed by atoms with van der Waals surface area (Å²) in [6, 6.07) is 12.0. The molecule has 2 aromatic carbocycles. The van der Waals surface area contributed by atoms with E-state index in [1.54, 1.807) is 0 Å². The first-order chi connectivity index (χ1) is 11.6. The monoisotopic (exact) mass is 325 g/mol. The highest BCUT2D eigenvalue weighted by atomic mass is 16.3. The second kappa shape index (κ2) is 6.76. The molecule has 0 saturated heterocycles.